The maximum atomic E-state index is 12.2. The Hall–Kier alpha value is -3.48. The van der Waals surface area contributed by atoms with Crippen LogP contribution in [0.5, 0.6) is 0 Å². The van der Waals surface area contributed by atoms with Crippen LogP contribution >= 0.6 is 0 Å². The van der Waals surface area contributed by atoms with E-state index in [1.165, 1.54) is 6.20 Å². The van der Waals surface area contributed by atoms with E-state index < -0.39 is 0 Å². The summed E-state index contributed by atoms with van der Waals surface area (Å²) in [5, 5.41) is 5.40. The van der Waals surface area contributed by atoms with Crippen LogP contribution in [0.15, 0.2) is 61.3 Å². The van der Waals surface area contributed by atoms with E-state index in [1.54, 1.807) is 54.6 Å². The number of nitrogens with one attached hydrogen (secondary N) is 2. The summed E-state index contributed by atoms with van der Waals surface area (Å²) in [6.45, 7) is 0.371. The lowest BCUT2D eigenvalue weighted by molar-refractivity contribution is 0.0945. The van der Waals surface area contributed by atoms with Crippen molar-refractivity contribution in [1.29, 1.82) is 0 Å². The average molecular weight is 335 g/mol. The molecule has 0 aliphatic carbocycles. The Morgan fingerprint density at radius 1 is 1.04 bits per heavy atom. The predicted molar refractivity (Wildman–Crippen MR) is 92.4 cm³/mol. The van der Waals surface area contributed by atoms with Crippen molar-refractivity contribution in [3.05, 3.63) is 78.0 Å². The van der Waals surface area contributed by atoms with Crippen LogP contribution in [0, 0.1) is 0 Å². The molecule has 2 heterocycles. The zero-order valence-corrected chi connectivity index (χ0v) is 13.6. The maximum absolute atomic E-state index is 12.2. The molecule has 0 saturated carbocycles. The molecule has 0 atom stereocenters. The molecule has 2 amide bonds. The summed E-state index contributed by atoms with van der Waals surface area (Å²) in [5.41, 5.74) is 1.96. The van der Waals surface area contributed by atoms with Crippen LogP contribution in [-0.2, 0) is 6.54 Å². The third-order valence-corrected chi connectivity index (χ3v) is 3.68. The lowest BCUT2D eigenvalue weighted by atomic mass is 10.1. The van der Waals surface area contributed by atoms with Crippen LogP contribution < -0.4 is 10.6 Å². The first-order chi connectivity index (χ1) is 12.2. The highest BCUT2D eigenvalue weighted by molar-refractivity contribution is 5.94. The number of aromatic nitrogens is 3. The standard InChI is InChI=1S/C18H17N5O2/c1-19-17(24)14-4-2-13(3-5-14)10-22-18(25)15-6-7-16(21-11-15)23-9-8-20-12-23/h2-9,11-12H,10H2,1H3,(H,19,24)(H,22,25). The minimum Gasteiger partial charge on any atom is -0.355 e. The number of amides is 2. The number of rotatable bonds is 5. The van der Waals surface area contributed by atoms with E-state index in [-0.39, 0.29) is 11.8 Å². The second-order valence-electron chi connectivity index (χ2n) is 5.33. The van der Waals surface area contributed by atoms with Gasteiger partial charge in [0.05, 0.1) is 5.56 Å². The first-order valence-electron chi connectivity index (χ1n) is 7.71. The SMILES string of the molecule is CNC(=O)c1ccc(CNC(=O)c2ccc(-n3ccnc3)nc2)cc1. The molecule has 0 radical (unpaired) electrons. The van der Waals surface area contributed by atoms with Gasteiger partial charge in [0.2, 0.25) is 0 Å². The summed E-state index contributed by atoms with van der Waals surface area (Å²) in [4.78, 5) is 31.9. The van der Waals surface area contributed by atoms with Gasteiger partial charge >= 0.3 is 0 Å². The van der Waals surface area contributed by atoms with Crippen molar-refractivity contribution in [3.63, 3.8) is 0 Å². The van der Waals surface area contributed by atoms with Crippen molar-refractivity contribution >= 4 is 11.8 Å². The van der Waals surface area contributed by atoms with Gasteiger partial charge in [0.1, 0.15) is 12.1 Å². The zero-order chi connectivity index (χ0) is 17.6. The minimum atomic E-state index is -0.208. The van der Waals surface area contributed by atoms with Crippen LogP contribution in [0.2, 0.25) is 0 Å². The Morgan fingerprint density at radius 3 is 2.40 bits per heavy atom. The van der Waals surface area contributed by atoms with E-state index in [0.717, 1.165) is 5.56 Å². The molecule has 25 heavy (non-hydrogen) atoms. The van der Waals surface area contributed by atoms with Crippen LogP contribution in [0.3, 0.4) is 0 Å². The summed E-state index contributed by atoms with van der Waals surface area (Å²) in [7, 11) is 1.59. The normalized spacial score (nSPS) is 10.3. The van der Waals surface area contributed by atoms with E-state index in [2.05, 4.69) is 20.6 Å². The molecule has 0 aliphatic rings. The largest absolute Gasteiger partial charge is 0.355 e. The zero-order valence-electron chi connectivity index (χ0n) is 13.6. The molecule has 0 bridgehead atoms. The molecule has 7 heteroatoms. The Labute approximate surface area is 144 Å². The van der Waals surface area contributed by atoms with Gasteiger partial charge < -0.3 is 10.6 Å². The molecule has 2 N–H and O–H groups in total. The lowest BCUT2D eigenvalue weighted by Crippen LogP contribution is -2.23. The second-order valence-corrected chi connectivity index (χ2v) is 5.33. The van der Waals surface area contributed by atoms with E-state index in [9.17, 15) is 9.59 Å². The van der Waals surface area contributed by atoms with Crippen LogP contribution in [-0.4, -0.2) is 33.4 Å². The number of nitrogens with zero attached hydrogens (tertiary/aromatic N) is 3. The number of pyridine rings is 1. The van der Waals surface area contributed by atoms with E-state index in [1.807, 2.05) is 12.1 Å². The highest BCUT2D eigenvalue weighted by Gasteiger charge is 2.07. The molecule has 0 spiro atoms. The summed E-state index contributed by atoms with van der Waals surface area (Å²) < 4.78 is 1.76. The van der Waals surface area contributed by atoms with Gasteiger partial charge in [-0.1, -0.05) is 12.1 Å². The molecule has 126 valence electrons. The van der Waals surface area contributed by atoms with Crippen molar-refractivity contribution in [2.24, 2.45) is 0 Å². The predicted octanol–water partition coefficient (Wildman–Crippen LogP) is 1.56. The van der Waals surface area contributed by atoms with Gasteiger partial charge in [0.15, 0.2) is 0 Å². The first-order valence-corrected chi connectivity index (χ1v) is 7.71. The number of hydrogen-bond acceptors (Lipinski definition) is 4. The number of carbonyl (C=O) groups is 2. The van der Waals surface area contributed by atoms with Gasteiger partial charge in [-0.2, -0.15) is 0 Å². The van der Waals surface area contributed by atoms with Crippen molar-refractivity contribution in [3.8, 4) is 5.82 Å². The van der Waals surface area contributed by atoms with Crippen LogP contribution in [0.25, 0.3) is 5.82 Å². The third kappa shape index (κ3) is 3.89. The molecule has 1 aromatic carbocycles. The summed E-state index contributed by atoms with van der Waals surface area (Å²) in [5.74, 6) is 0.346. The third-order valence-electron chi connectivity index (χ3n) is 3.68. The molecule has 0 aliphatic heterocycles. The number of imidazole rings is 1. The Bertz CT molecular complexity index is 855. The van der Waals surface area contributed by atoms with Gasteiger partial charge in [0.25, 0.3) is 11.8 Å². The molecule has 3 aromatic rings. The van der Waals surface area contributed by atoms with Crippen LogP contribution in [0.4, 0.5) is 0 Å². The molecule has 2 aromatic heterocycles. The van der Waals surface area contributed by atoms with E-state index >= 15 is 0 Å². The Morgan fingerprint density at radius 2 is 1.80 bits per heavy atom. The monoisotopic (exact) mass is 335 g/mol. The number of carbonyl (C=O) groups excluding carboxylic acids is 2. The fourth-order valence-electron chi connectivity index (χ4n) is 2.27. The van der Waals surface area contributed by atoms with Gasteiger partial charge in [-0.25, -0.2) is 9.97 Å². The van der Waals surface area contributed by atoms with Crippen LogP contribution in [0.1, 0.15) is 26.3 Å². The van der Waals surface area contributed by atoms with Crippen molar-refractivity contribution in [1.82, 2.24) is 25.2 Å². The molecule has 0 unspecified atom stereocenters. The van der Waals surface area contributed by atoms with Crippen molar-refractivity contribution < 1.29 is 9.59 Å². The summed E-state index contributed by atoms with van der Waals surface area (Å²) in [6.07, 6.45) is 6.62. The van der Waals surface area contributed by atoms with Gasteiger partial charge in [-0.15, -0.1) is 0 Å². The Balaban J connectivity index is 1.60. The molecule has 7 nitrogen and oxygen atoms in total. The summed E-state index contributed by atoms with van der Waals surface area (Å²) >= 11 is 0. The van der Waals surface area contributed by atoms with Gasteiger partial charge in [-0.3, -0.25) is 14.2 Å². The Kier molecular flexibility index (Phi) is 4.84. The second kappa shape index (κ2) is 7.39. The quantitative estimate of drug-likeness (QED) is 0.740. The minimum absolute atomic E-state index is 0.139. The lowest BCUT2D eigenvalue weighted by Gasteiger charge is -2.07. The molecule has 3 rings (SSSR count). The van der Waals surface area contributed by atoms with E-state index in [0.29, 0.717) is 23.5 Å². The molecule has 0 fully saturated rings. The first kappa shape index (κ1) is 16.4. The number of hydrogen-bond donors (Lipinski definition) is 2. The fourth-order valence-corrected chi connectivity index (χ4v) is 2.27. The molecular formula is C18H17N5O2. The van der Waals surface area contributed by atoms with Crippen molar-refractivity contribution in [2.45, 2.75) is 6.54 Å². The topological polar surface area (TPSA) is 88.9 Å². The highest BCUT2D eigenvalue weighted by atomic mass is 16.2. The maximum Gasteiger partial charge on any atom is 0.253 e. The average Bonchev–Trinajstić information content (AvgIpc) is 3.21. The summed E-state index contributed by atoms with van der Waals surface area (Å²) in [6, 6.07) is 10.5. The molecule has 0 saturated heterocycles. The van der Waals surface area contributed by atoms with Crippen molar-refractivity contribution in [2.75, 3.05) is 7.05 Å². The smallest absolute Gasteiger partial charge is 0.253 e. The van der Waals surface area contributed by atoms with Gasteiger partial charge in [0, 0.05) is 37.7 Å². The fraction of sp³-hybridized carbons (Fsp3) is 0.111. The molecular weight excluding hydrogens is 318 g/mol. The van der Waals surface area contributed by atoms with Gasteiger partial charge in [-0.05, 0) is 29.8 Å². The van der Waals surface area contributed by atoms with E-state index in [4.69, 9.17) is 0 Å². The highest BCUT2D eigenvalue weighted by Crippen LogP contribution is 2.07. The number of benzene rings is 1.